The molecule has 0 aliphatic rings. The van der Waals surface area contributed by atoms with Crippen LogP contribution in [0.1, 0.15) is 0 Å². The lowest BCUT2D eigenvalue weighted by Crippen LogP contribution is -1.96. The number of hydrogen-bond acceptors (Lipinski definition) is 4. The number of H-pyrrole nitrogens is 2. The fraction of sp³-hybridized carbons (Fsp3) is 0. The minimum Gasteiger partial charge on any atom is -0.382 e. The third kappa shape index (κ3) is 0.693. The Kier molecular flexibility index (Phi) is 1.07. The SMILES string of the molecule is N=Nc1c(N)[nH][nH]c1=O. The summed E-state index contributed by atoms with van der Waals surface area (Å²) >= 11 is 0. The molecular weight excluding hydrogens is 122 g/mol. The number of nitrogen functional groups attached to an aromatic ring is 1. The molecule has 0 saturated carbocycles. The molecule has 0 saturated heterocycles. The van der Waals surface area contributed by atoms with Crippen molar-refractivity contribution in [1.82, 2.24) is 10.2 Å². The van der Waals surface area contributed by atoms with Crippen LogP contribution in [0.15, 0.2) is 9.91 Å². The molecule has 0 unspecified atom stereocenters. The maximum atomic E-state index is 10.5. The third-order valence-electron chi connectivity index (χ3n) is 0.893. The zero-order valence-corrected chi connectivity index (χ0v) is 4.43. The van der Waals surface area contributed by atoms with Gasteiger partial charge in [0.15, 0.2) is 5.69 Å². The Balaban J connectivity index is 3.40. The van der Waals surface area contributed by atoms with Crippen LogP contribution in [0.3, 0.4) is 0 Å². The minimum absolute atomic E-state index is 0.0741. The molecule has 1 aromatic rings. The Labute approximate surface area is 49.6 Å². The Hall–Kier alpha value is -1.59. The number of anilines is 1. The predicted molar refractivity (Wildman–Crippen MR) is 30.6 cm³/mol. The van der Waals surface area contributed by atoms with Gasteiger partial charge in [0.2, 0.25) is 0 Å². The molecule has 0 spiro atoms. The van der Waals surface area contributed by atoms with Crippen molar-refractivity contribution >= 4 is 11.5 Å². The van der Waals surface area contributed by atoms with Crippen molar-refractivity contribution in [3.05, 3.63) is 10.4 Å². The molecule has 0 fully saturated rings. The third-order valence-corrected chi connectivity index (χ3v) is 0.893. The van der Waals surface area contributed by atoms with Crippen molar-refractivity contribution in [3.8, 4) is 0 Å². The molecule has 6 nitrogen and oxygen atoms in total. The number of aromatic nitrogens is 2. The maximum Gasteiger partial charge on any atom is 0.293 e. The summed E-state index contributed by atoms with van der Waals surface area (Å²) in [7, 11) is 0. The van der Waals surface area contributed by atoms with Crippen LogP contribution in [-0.2, 0) is 0 Å². The summed E-state index contributed by atoms with van der Waals surface area (Å²) in [4.78, 5) is 10.5. The number of nitrogens with zero attached hydrogens (tertiary/aromatic N) is 1. The van der Waals surface area contributed by atoms with Crippen molar-refractivity contribution in [2.45, 2.75) is 0 Å². The van der Waals surface area contributed by atoms with E-state index in [2.05, 4.69) is 15.3 Å². The number of aromatic amines is 2. The van der Waals surface area contributed by atoms with Crippen LogP contribution in [0.2, 0.25) is 0 Å². The zero-order valence-electron chi connectivity index (χ0n) is 4.43. The minimum atomic E-state index is -0.470. The molecule has 1 aromatic heterocycles. The van der Waals surface area contributed by atoms with Gasteiger partial charge in [0.1, 0.15) is 5.82 Å². The summed E-state index contributed by atoms with van der Waals surface area (Å²) in [5, 5.41) is 7.36. The molecule has 1 rings (SSSR count). The summed E-state index contributed by atoms with van der Waals surface area (Å²) in [6.07, 6.45) is 0. The average Bonchev–Trinajstić information content (AvgIpc) is 2.12. The van der Waals surface area contributed by atoms with E-state index in [1.807, 2.05) is 0 Å². The summed E-state index contributed by atoms with van der Waals surface area (Å²) < 4.78 is 0. The smallest absolute Gasteiger partial charge is 0.293 e. The van der Waals surface area contributed by atoms with Gasteiger partial charge in [-0.05, 0) is 0 Å². The van der Waals surface area contributed by atoms with Gasteiger partial charge < -0.3 is 5.73 Å². The van der Waals surface area contributed by atoms with Gasteiger partial charge in [-0.15, -0.1) is 5.11 Å². The fourth-order valence-electron chi connectivity index (χ4n) is 0.476. The van der Waals surface area contributed by atoms with E-state index in [1.165, 1.54) is 0 Å². The Morgan fingerprint density at radius 3 is 2.44 bits per heavy atom. The van der Waals surface area contributed by atoms with E-state index < -0.39 is 5.56 Å². The van der Waals surface area contributed by atoms with Gasteiger partial charge in [0.25, 0.3) is 5.56 Å². The fourth-order valence-corrected chi connectivity index (χ4v) is 0.476. The predicted octanol–water partition coefficient (Wildman–Crippen LogP) is -0.0523. The first kappa shape index (κ1) is 5.54. The van der Waals surface area contributed by atoms with Gasteiger partial charge in [0.05, 0.1) is 0 Å². The van der Waals surface area contributed by atoms with Crippen LogP contribution in [0.4, 0.5) is 11.5 Å². The molecule has 0 aromatic carbocycles. The van der Waals surface area contributed by atoms with Crippen LogP contribution in [-0.4, -0.2) is 10.2 Å². The number of nitrogens with one attached hydrogen (secondary N) is 3. The highest BCUT2D eigenvalue weighted by Gasteiger charge is 2.02. The van der Waals surface area contributed by atoms with Gasteiger partial charge in [-0.25, -0.2) is 5.53 Å². The topological polar surface area (TPSA) is 111 Å². The van der Waals surface area contributed by atoms with Crippen molar-refractivity contribution in [1.29, 1.82) is 5.53 Å². The van der Waals surface area contributed by atoms with Crippen molar-refractivity contribution < 1.29 is 0 Å². The van der Waals surface area contributed by atoms with E-state index in [9.17, 15) is 4.79 Å². The largest absolute Gasteiger partial charge is 0.382 e. The molecule has 0 aliphatic carbocycles. The molecule has 1 heterocycles. The van der Waals surface area contributed by atoms with Gasteiger partial charge in [-0.1, -0.05) is 0 Å². The highest BCUT2D eigenvalue weighted by atomic mass is 16.1. The van der Waals surface area contributed by atoms with Crippen LogP contribution < -0.4 is 11.3 Å². The highest BCUT2D eigenvalue weighted by molar-refractivity contribution is 5.54. The lowest BCUT2D eigenvalue weighted by molar-refractivity contribution is 1.06. The summed E-state index contributed by atoms with van der Waals surface area (Å²) in [6.45, 7) is 0. The molecule has 0 atom stereocenters. The van der Waals surface area contributed by atoms with E-state index >= 15 is 0 Å². The molecular formula is C3H5N5O. The number of hydrogen-bond donors (Lipinski definition) is 4. The van der Waals surface area contributed by atoms with Crippen molar-refractivity contribution in [2.75, 3.05) is 5.73 Å². The van der Waals surface area contributed by atoms with Crippen LogP contribution in [0.25, 0.3) is 0 Å². The van der Waals surface area contributed by atoms with E-state index in [0.717, 1.165) is 0 Å². The van der Waals surface area contributed by atoms with Gasteiger partial charge in [-0.3, -0.25) is 15.0 Å². The lowest BCUT2D eigenvalue weighted by atomic mass is 10.5. The molecule has 0 radical (unpaired) electrons. The quantitative estimate of drug-likeness (QED) is 0.396. The maximum absolute atomic E-state index is 10.5. The summed E-state index contributed by atoms with van der Waals surface area (Å²) in [5.41, 5.74) is 11.1. The number of rotatable bonds is 1. The Morgan fingerprint density at radius 2 is 2.22 bits per heavy atom. The first-order valence-corrected chi connectivity index (χ1v) is 2.19. The zero-order chi connectivity index (χ0) is 6.85. The monoisotopic (exact) mass is 127 g/mol. The van der Waals surface area contributed by atoms with Crippen molar-refractivity contribution in [3.63, 3.8) is 0 Å². The molecule has 9 heavy (non-hydrogen) atoms. The standard InChI is InChI=1S/C3H5N5O/c4-2-1(6-5)3(9)8-7-2/h5H,(H4,4,7,8,9). The highest BCUT2D eigenvalue weighted by Crippen LogP contribution is 2.09. The molecule has 5 N–H and O–H groups in total. The Bertz CT molecular complexity index is 270. The second kappa shape index (κ2) is 1.73. The Morgan fingerprint density at radius 1 is 1.56 bits per heavy atom. The van der Waals surface area contributed by atoms with Crippen LogP contribution in [0.5, 0.6) is 0 Å². The average molecular weight is 127 g/mol. The van der Waals surface area contributed by atoms with Gasteiger partial charge in [-0.2, -0.15) is 0 Å². The lowest BCUT2D eigenvalue weighted by Gasteiger charge is -1.79. The van der Waals surface area contributed by atoms with Crippen molar-refractivity contribution in [2.24, 2.45) is 5.11 Å². The van der Waals surface area contributed by atoms with Gasteiger partial charge >= 0.3 is 0 Å². The van der Waals surface area contributed by atoms with E-state index in [0.29, 0.717) is 0 Å². The number of nitrogens with two attached hydrogens (primary N) is 1. The summed E-state index contributed by atoms with van der Waals surface area (Å²) in [5.74, 6) is 0.0926. The van der Waals surface area contributed by atoms with E-state index in [-0.39, 0.29) is 11.5 Å². The van der Waals surface area contributed by atoms with E-state index in [1.54, 1.807) is 0 Å². The molecule has 6 heteroatoms. The molecule has 0 aliphatic heterocycles. The van der Waals surface area contributed by atoms with E-state index in [4.69, 9.17) is 11.3 Å². The normalized spacial score (nSPS) is 9.33. The van der Waals surface area contributed by atoms with Crippen LogP contribution in [0, 0.1) is 5.53 Å². The molecule has 0 amide bonds. The molecule has 48 valence electrons. The summed E-state index contributed by atoms with van der Waals surface area (Å²) in [6, 6.07) is 0. The van der Waals surface area contributed by atoms with Gasteiger partial charge in [0, 0.05) is 0 Å². The second-order valence-electron chi connectivity index (χ2n) is 1.45. The second-order valence-corrected chi connectivity index (χ2v) is 1.45. The van der Waals surface area contributed by atoms with Crippen LogP contribution >= 0.6 is 0 Å². The molecule has 0 bridgehead atoms. The first-order chi connectivity index (χ1) is 4.25. The first-order valence-electron chi connectivity index (χ1n) is 2.19.